The third-order valence-electron chi connectivity index (χ3n) is 3.37. The SMILES string of the molecule is CCCCCC/C=C\CCCCC[C@@H](O)[C@H](C)N. The van der Waals surface area contributed by atoms with E-state index in [0.717, 1.165) is 12.8 Å². The second-order valence-electron chi connectivity index (χ2n) is 5.39. The van der Waals surface area contributed by atoms with Crippen LogP contribution in [-0.2, 0) is 0 Å². The summed E-state index contributed by atoms with van der Waals surface area (Å²) >= 11 is 0. The van der Waals surface area contributed by atoms with Gasteiger partial charge in [0, 0.05) is 6.04 Å². The average molecular weight is 255 g/mol. The van der Waals surface area contributed by atoms with E-state index in [2.05, 4.69) is 19.1 Å². The van der Waals surface area contributed by atoms with Gasteiger partial charge in [0.05, 0.1) is 6.10 Å². The number of aliphatic hydroxyl groups is 1. The molecule has 0 aromatic heterocycles. The van der Waals surface area contributed by atoms with Gasteiger partial charge in [-0.25, -0.2) is 0 Å². The number of rotatable bonds is 12. The summed E-state index contributed by atoms with van der Waals surface area (Å²) in [4.78, 5) is 0. The van der Waals surface area contributed by atoms with E-state index < -0.39 is 0 Å². The Labute approximate surface area is 114 Å². The molecule has 0 bridgehead atoms. The Balaban J connectivity index is 3.17. The Morgan fingerprint density at radius 1 is 0.944 bits per heavy atom. The number of allylic oxidation sites excluding steroid dienone is 2. The molecule has 0 spiro atoms. The molecule has 0 aliphatic carbocycles. The molecule has 3 N–H and O–H groups in total. The van der Waals surface area contributed by atoms with Crippen molar-refractivity contribution >= 4 is 0 Å². The molecule has 0 saturated carbocycles. The fourth-order valence-electron chi connectivity index (χ4n) is 1.98. The van der Waals surface area contributed by atoms with Gasteiger partial charge in [-0.3, -0.25) is 0 Å². The predicted octanol–water partition coefficient (Wildman–Crippen LogP) is 4.17. The molecule has 0 radical (unpaired) electrons. The quantitative estimate of drug-likeness (QED) is 0.406. The van der Waals surface area contributed by atoms with E-state index in [1.54, 1.807) is 0 Å². The van der Waals surface area contributed by atoms with Crippen molar-refractivity contribution in [2.75, 3.05) is 0 Å². The minimum Gasteiger partial charge on any atom is -0.392 e. The minimum absolute atomic E-state index is 0.0898. The molecule has 18 heavy (non-hydrogen) atoms. The average Bonchev–Trinajstić information content (AvgIpc) is 2.35. The van der Waals surface area contributed by atoms with Crippen molar-refractivity contribution in [2.45, 2.75) is 90.2 Å². The molecule has 2 heteroatoms. The summed E-state index contributed by atoms with van der Waals surface area (Å²) in [5.74, 6) is 0. The highest BCUT2D eigenvalue weighted by molar-refractivity contribution is 4.81. The smallest absolute Gasteiger partial charge is 0.0688 e. The van der Waals surface area contributed by atoms with Gasteiger partial charge in [-0.15, -0.1) is 0 Å². The highest BCUT2D eigenvalue weighted by atomic mass is 16.3. The number of unbranched alkanes of at least 4 members (excludes halogenated alkanes) is 7. The van der Waals surface area contributed by atoms with E-state index in [9.17, 15) is 5.11 Å². The van der Waals surface area contributed by atoms with Gasteiger partial charge in [-0.2, -0.15) is 0 Å². The molecule has 0 rings (SSSR count). The Morgan fingerprint density at radius 3 is 2.00 bits per heavy atom. The zero-order valence-corrected chi connectivity index (χ0v) is 12.4. The topological polar surface area (TPSA) is 46.2 Å². The van der Waals surface area contributed by atoms with Gasteiger partial charge in [0.15, 0.2) is 0 Å². The van der Waals surface area contributed by atoms with E-state index in [1.165, 1.54) is 51.4 Å². The Bertz CT molecular complexity index is 190. The van der Waals surface area contributed by atoms with Crippen LogP contribution in [0.25, 0.3) is 0 Å². The minimum atomic E-state index is -0.320. The maximum atomic E-state index is 9.53. The fourth-order valence-corrected chi connectivity index (χ4v) is 1.98. The zero-order chi connectivity index (χ0) is 13.6. The summed E-state index contributed by atoms with van der Waals surface area (Å²) in [5, 5.41) is 9.53. The molecule has 0 fully saturated rings. The Morgan fingerprint density at radius 2 is 1.50 bits per heavy atom. The standard InChI is InChI=1S/C16H33NO/c1-3-4-5-6-7-8-9-10-11-12-13-14-16(18)15(2)17/h8-9,15-16,18H,3-7,10-14,17H2,1-2H3/b9-8-/t15-,16+/m0/s1. The first-order valence-electron chi connectivity index (χ1n) is 7.77. The predicted molar refractivity (Wildman–Crippen MR) is 80.6 cm³/mol. The molecule has 0 aliphatic rings. The van der Waals surface area contributed by atoms with Crippen LogP contribution in [0.1, 0.15) is 78.1 Å². The molecule has 2 atom stereocenters. The summed E-state index contributed by atoms with van der Waals surface area (Å²) in [7, 11) is 0. The van der Waals surface area contributed by atoms with Crippen LogP contribution in [0.2, 0.25) is 0 Å². The molecule has 0 heterocycles. The van der Waals surface area contributed by atoms with Gasteiger partial charge in [0.1, 0.15) is 0 Å². The van der Waals surface area contributed by atoms with Crippen LogP contribution < -0.4 is 5.73 Å². The molecule has 2 nitrogen and oxygen atoms in total. The van der Waals surface area contributed by atoms with Gasteiger partial charge >= 0.3 is 0 Å². The molecule has 0 aromatic rings. The Hall–Kier alpha value is -0.340. The summed E-state index contributed by atoms with van der Waals surface area (Å²) in [6.45, 7) is 4.12. The van der Waals surface area contributed by atoms with Crippen LogP contribution in [0, 0.1) is 0 Å². The van der Waals surface area contributed by atoms with Crippen LogP contribution in [-0.4, -0.2) is 17.3 Å². The molecule has 0 aromatic carbocycles. The lowest BCUT2D eigenvalue weighted by atomic mass is 10.0. The number of nitrogens with two attached hydrogens (primary N) is 1. The third kappa shape index (κ3) is 12.1. The molecule has 0 amide bonds. The lowest BCUT2D eigenvalue weighted by molar-refractivity contribution is 0.138. The van der Waals surface area contributed by atoms with Gasteiger partial charge in [-0.05, 0) is 39.0 Å². The van der Waals surface area contributed by atoms with E-state index in [-0.39, 0.29) is 12.1 Å². The fraction of sp³-hybridized carbons (Fsp3) is 0.875. The van der Waals surface area contributed by atoms with Gasteiger partial charge in [0.2, 0.25) is 0 Å². The van der Waals surface area contributed by atoms with Crippen molar-refractivity contribution in [3.05, 3.63) is 12.2 Å². The van der Waals surface area contributed by atoms with Crippen LogP contribution in [0.15, 0.2) is 12.2 Å². The number of hydrogen-bond donors (Lipinski definition) is 2. The van der Waals surface area contributed by atoms with E-state index >= 15 is 0 Å². The molecule has 0 saturated heterocycles. The molecular formula is C16H33NO. The van der Waals surface area contributed by atoms with Gasteiger partial charge in [-0.1, -0.05) is 51.2 Å². The number of aliphatic hydroxyl groups excluding tert-OH is 1. The maximum Gasteiger partial charge on any atom is 0.0688 e. The normalized spacial score (nSPS) is 15.1. The molecular weight excluding hydrogens is 222 g/mol. The van der Waals surface area contributed by atoms with E-state index in [0.29, 0.717) is 0 Å². The van der Waals surface area contributed by atoms with Crippen molar-refractivity contribution in [2.24, 2.45) is 5.73 Å². The highest BCUT2D eigenvalue weighted by Crippen LogP contribution is 2.08. The van der Waals surface area contributed by atoms with Crippen molar-refractivity contribution in [1.29, 1.82) is 0 Å². The summed E-state index contributed by atoms with van der Waals surface area (Å²) < 4.78 is 0. The molecule has 0 unspecified atom stereocenters. The molecule has 108 valence electrons. The summed E-state index contributed by atoms with van der Waals surface area (Å²) in [6.07, 6.45) is 16.5. The summed E-state index contributed by atoms with van der Waals surface area (Å²) in [5.41, 5.74) is 5.61. The van der Waals surface area contributed by atoms with Gasteiger partial charge < -0.3 is 10.8 Å². The van der Waals surface area contributed by atoms with Crippen LogP contribution >= 0.6 is 0 Å². The Kier molecular flexibility index (Phi) is 12.9. The zero-order valence-electron chi connectivity index (χ0n) is 12.4. The highest BCUT2D eigenvalue weighted by Gasteiger charge is 2.07. The summed E-state index contributed by atoms with van der Waals surface area (Å²) in [6, 6.07) is -0.0898. The number of hydrogen-bond acceptors (Lipinski definition) is 2. The van der Waals surface area contributed by atoms with Crippen molar-refractivity contribution < 1.29 is 5.11 Å². The van der Waals surface area contributed by atoms with Crippen LogP contribution in [0.3, 0.4) is 0 Å². The first kappa shape index (κ1) is 17.7. The maximum absolute atomic E-state index is 9.53. The van der Waals surface area contributed by atoms with Crippen molar-refractivity contribution in [3.63, 3.8) is 0 Å². The second-order valence-corrected chi connectivity index (χ2v) is 5.39. The lowest BCUT2D eigenvalue weighted by Gasteiger charge is -2.13. The van der Waals surface area contributed by atoms with E-state index in [4.69, 9.17) is 5.73 Å². The largest absolute Gasteiger partial charge is 0.392 e. The monoisotopic (exact) mass is 255 g/mol. The van der Waals surface area contributed by atoms with Crippen LogP contribution in [0.4, 0.5) is 0 Å². The first-order valence-corrected chi connectivity index (χ1v) is 7.77. The first-order chi connectivity index (χ1) is 8.68. The van der Waals surface area contributed by atoms with Crippen molar-refractivity contribution in [3.8, 4) is 0 Å². The van der Waals surface area contributed by atoms with Crippen molar-refractivity contribution in [1.82, 2.24) is 0 Å². The van der Waals surface area contributed by atoms with Crippen LogP contribution in [0.5, 0.6) is 0 Å². The lowest BCUT2D eigenvalue weighted by Crippen LogP contribution is -2.31. The third-order valence-corrected chi connectivity index (χ3v) is 3.37. The van der Waals surface area contributed by atoms with E-state index in [1.807, 2.05) is 6.92 Å². The second kappa shape index (κ2) is 13.1. The van der Waals surface area contributed by atoms with Gasteiger partial charge in [0.25, 0.3) is 0 Å². The molecule has 0 aliphatic heterocycles.